The number of carbonyl (C=O) groups is 1. The Balaban J connectivity index is 1.82. The second-order valence-electron chi connectivity index (χ2n) is 5.70. The summed E-state index contributed by atoms with van der Waals surface area (Å²) in [5.74, 6) is -1.18. The van der Waals surface area contributed by atoms with E-state index in [1.807, 2.05) is 0 Å². The number of carboxylic acids is 1. The highest BCUT2D eigenvalue weighted by Crippen LogP contribution is 2.31. The number of halogens is 1. The van der Waals surface area contributed by atoms with E-state index in [4.69, 9.17) is 4.74 Å². The third-order valence-corrected chi connectivity index (χ3v) is 4.11. The summed E-state index contributed by atoms with van der Waals surface area (Å²) in [4.78, 5) is 11.3. The van der Waals surface area contributed by atoms with Crippen molar-refractivity contribution in [3.63, 3.8) is 0 Å². The maximum Gasteiger partial charge on any atom is 0.339 e. The molecule has 1 aromatic carbocycles. The molecule has 0 spiro atoms. The molecule has 2 aromatic heterocycles. The van der Waals surface area contributed by atoms with Crippen molar-refractivity contribution in [3.8, 4) is 0 Å². The molecule has 0 aliphatic carbocycles. The van der Waals surface area contributed by atoms with Gasteiger partial charge in [-0.2, -0.15) is 10.2 Å². The molecule has 3 heterocycles. The maximum absolute atomic E-state index is 13.7. The van der Waals surface area contributed by atoms with Crippen molar-refractivity contribution in [2.75, 3.05) is 18.5 Å². The molecule has 1 aliphatic rings. The quantitative estimate of drug-likeness (QED) is 0.750. The summed E-state index contributed by atoms with van der Waals surface area (Å²) in [5, 5.41) is 24.7. The molecule has 0 amide bonds. The van der Waals surface area contributed by atoms with Crippen LogP contribution in [-0.2, 0) is 4.74 Å². The van der Waals surface area contributed by atoms with Crippen LogP contribution in [0.2, 0.25) is 0 Å². The first-order chi connectivity index (χ1) is 12.1. The Morgan fingerprint density at radius 2 is 2.24 bits per heavy atom. The number of carboxylic acid groups (broad SMARTS) is 1. The summed E-state index contributed by atoms with van der Waals surface area (Å²) < 4.78 is 20.9. The molecule has 0 saturated carbocycles. The SMILES string of the molecule is O=C(O)c1ccnnc1Nc1nn([C@H]2CCOC2)c2ccc(F)cc12. The van der Waals surface area contributed by atoms with Crippen LogP contribution >= 0.6 is 0 Å². The summed E-state index contributed by atoms with van der Waals surface area (Å²) >= 11 is 0. The molecule has 1 saturated heterocycles. The monoisotopic (exact) mass is 343 g/mol. The lowest BCUT2D eigenvalue weighted by molar-refractivity contribution is 0.0697. The van der Waals surface area contributed by atoms with Gasteiger partial charge in [0.1, 0.15) is 11.4 Å². The smallest absolute Gasteiger partial charge is 0.339 e. The summed E-state index contributed by atoms with van der Waals surface area (Å²) in [6.07, 6.45) is 2.10. The molecule has 0 unspecified atom stereocenters. The highest BCUT2D eigenvalue weighted by atomic mass is 19.1. The molecular weight excluding hydrogens is 329 g/mol. The standard InChI is InChI=1S/C16H14FN5O3/c17-9-1-2-13-12(7-9)15(21-22(13)10-4-6-25-8-10)19-14-11(16(23)24)3-5-18-20-14/h1-3,5,7,10H,4,6,8H2,(H,23,24)(H,19,20,21)/t10-/m0/s1. The zero-order valence-electron chi connectivity index (χ0n) is 13.0. The van der Waals surface area contributed by atoms with Crippen molar-refractivity contribution >= 4 is 28.5 Å². The number of fused-ring (bicyclic) bond motifs is 1. The van der Waals surface area contributed by atoms with E-state index >= 15 is 0 Å². The first-order valence-corrected chi connectivity index (χ1v) is 7.71. The van der Waals surface area contributed by atoms with Crippen LogP contribution in [0.25, 0.3) is 10.9 Å². The second kappa shape index (κ2) is 6.10. The van der Waals surface area contributed by atoms with Gasteiger partial charge in [-0.1, -0.05) is 0 Å². The molecule has 4 rings (SSSR count). The molecule has 128 valence electrons. The third kappa shape index (κ3) is 2.78. The number of aromatic carboxylic acids is 1. The number of hydrogen-bond donors (Lipinski definition) is 2. The van der Waals surface area contributed by atoms with E-state index in [0.29, 0.717) is 24.4 Å². The number of nitrogens with zero attached hydrogens (tertiary/aromatic N) is 4. The predicted octanol–water partition coefficient (Wildman–Crippen LogP) is 2.37. The van der Waals surface area contributed by atoms with Crippen LogP contribution in [0.1, 0.15) is 22.8 Å². The molecular formula is C16H14FN5O3. The summed E-state index contributed by atoms with van der Waals surface area (Å²) in [7, 11) is 0. The van der Waals surface area contributed by atoms with Gasteiger partial charge in [-0.25, -0.2) is 9.18 Å². The third-order valence-electron chi connectivity index (χ3n) is 4.11. The largest absolute Gasteiger partial charge is 0.478 e. The Kier molecular flexibility index (Phi) is 3.77. The van der Waals surface area contributed by atoms with Gasteiger partial charge in [-0.05, 0) is 30.7 Å². The minimum absolute atomic E-state index is 0.0432. The Morgan fingerprint density at radius 1 is 1.36 bits per heavy atom. The minimum atomic E-state index is -1.14. The number of rotatable bonds is 4. The van der Waals surface area contributed by atoms with Crippen LogP contribution in [0.4, 0.5) is 16.0 Å². The average Bonchev–Trinajstić information content (AvgIpc) is 3.23. The number of hydrogen-bond acceptors (Lipinski definition) is 6. The highest BCUT2D eigenvalue weighted by molar-refractivity contribution is 5.96. The second-order valence-corrected chi connectivity index (χ2v) is 5.70. The topological polar surface area (TPSA) is 102 Å². The zero-order chi connectivity index (χ0) is 17.4. The Labute approximate surface area is 141 Å². The van der Waals surface area contributed by atoms with E-state index in [1.54, 1.807) is 10.7 Å². The van der Waals surface area contributed by atoms with Crippen LogP contribution in [0.15, 0.2) is 30.5 Å². The van der Waals surface area contributed by atoms with Crippen molar-refractivity contribution < 1.29 is 19.0 Å². The normalized spacial score (nSPS) is 17.1. The summed E-state index contributed by atoms with van der Waals surface area (Å²) in [5.41, 5.74) is 0.693. The summed E-state index contributed by atoms with van der Waals surface area (Å²) in [6.45, 7) is 1.17. The number of nitrogens with one attached hydrogen (secondary N) is 1. The van der Waals surface area contributed by atoms with Crippen molar-refractivity contribution in [2.45, 2.75) is 12.5 Å². The van der Waals surface area contributed by atoms with E-state index in [2.05, 4.69) is 20.6 Å². The van der Waals surface area contributed by atoms with Gasteiger partial charge in [0, 0.05) is 12.0 Å². The van der Waals surface area contributed by atoms with Gasteiger partial charge in [-0.3, -0.25) is 4.68 Å². The van der Waals surface area contributed by atoms with Crippen LogP contribution in [0.3, 0.4) is 0 Å². The fraction of sp³-hybridized carbons (Fsp3) is 0.250. The molecule has 25 heavy (non-hydrogen) atoms. The molecule has 0 radical (unpaired) electrons. The Morgan fingerprint density at radius 3 is 3.00 bits per heavy atom. The molecule has 0 bridgehead atoms. The van der Waals surface area contributed by atoms with E-state index in [9.17, 15) is 14.3 Å². The van der Waals surface area contributed by atoms with Crippen molar-refractivity contribution in [2.24, 2.45) is 0 Å². The molecule has 9 heteroatoms. The van der Waals surface area contributed by atoms with Crippen molar-refractivity contribution in [1.82, 2.24) is 20.0 Å². The van der Waals surface area contributed by atoms with Crippen molar-refractivity contribution in [3.05, 3.63) is 41.8 Å². The lowest BCUT2D eigenvalue weighted by Crippen LogP contribution is -2.11. The fourth-order valence-electron chi connectivity index (χ4n) is 2.91. The van der Waals surface area contributed by atoms with Gasteiger partial charge < -0.3 is 15.2 Å². The average molecular weight is 343 g/mol. The lowest BCUT2D eigenvalue weighted by atomic mass is 10.2. The predicted molar refractivity (Wildman–Crippen MR) is 86.4 cm³/mol. The molecule has 8 nitrogen and oxygen atoms in total. The fourth-order valence-corrected chi connectivity index (χ4v) is 2.91. The van der Waals surface area contributed by atoms with Crippen LogP contribution in [-0.4, -0.2) is 44.3 Å². The van der Waals surface area contributed by atoms with E-state index < -0.39 is 11.8 Å². The zero-order valence-corrected chi connectivity index (χ0v) is 13.0. The van der Waals surface area contributed by atoms with E-state index in [0.717, 1.165) is 11.9 Å². The van der Waals surface area contributed by atoms with Gasteiger partial charge in [0.25, 0.3) is 0 Å². The molecule has 3 aromatic rings. The maximum atomic E-state index is 13.7. The minimum Gasteiger partial charge on any atom is -0.478 e. The first kappa shape index (κ1) is 15.5. The summed E-state index contributed by atoms with van der Waals surface area (Å²) in [6, 6.07) is 5.75. The number of ether oxygens (including phenoxy) is 1. The Hall–Kier alpha value is -3.07. The van der Waals surface area contributed by atoms with Crippen LogP contribution < -0.4 is 5.32 Å². The first-order valence-electron chi connectivity index (χ1n) is 7.71. The van der Waals surface area contributed by atoms with Gasteiger partial charge in [0.05, 0.1) is 24.4 Å². The molecule has 1 atom stereocenters. The van der Waals surface area contributed by atoms with E-state index in [1.165, 1.54) is 24.4 Å². The number of benzene rings is 1. The molecule has 1 aliphatic heterocycles. The van der Waals surface area contributed by atoms with Crippen LogP contribution in [0.5, 0.6) is 0 Å². The molecule has 2 N–H and O–H groups in total. The molecule has 1 fully saturated rings. The number of anilines is 2. The van der Waals surface area contributed by atoms with Crippen molar-refractivity contribution in [1.29, 1.82) is 0 Å². The van der Waals surface area contributed by atoms with E-state index in [-0.39, 0.29) is 17.4 Å². The van der Waals surface area contributed by atoms with Crippen LogP contribution in [0, 0.1) is 5.82 Å². The number of aromatic nitrogens is 4. The lowest BCUT2D eigenvalue weighted by Gasteiger charge is -2.09. The van der Waals surface area contributed by atoms with Gasteiger partial charge in [0.15, 0.2) is 11.6 Å². The Bertz CT molecular complexity index is 952. The highest BCUT2D eigenvalue weighted by Gasteiger charge is 2.23. The van der Waals surface area contributed by atoms with Gasteiger partial charge >= 0.3 is 5.97 Å². The van der Waals surface area contributed by atoms with Gasteiger partial charge in [-0.15, -0.1) is 5.10 Å². The van der Waals surface area contributed by atoms with Gasteiger partial charge in [0.2, 0.25) is 0 Å².